The first-order valence-electron chi connectivity index (χ1n) is 5.98. The van der Waals surface area contributed by atoms with E-state index < -0.39 is 0 Å². The number of carbonyl (C=O) groups excluding carboxylic acids is 1. The summed E-state index contributed by atoms with van der Waals surface area (Å²) in [5.74, 6) is 1.17. The maximum atomic E-state index is 10.3. The molecule has 0 atom stereocenters. The van der Waals surface area contributed by atoms with E-state index in [1.165, 1.54) is 7.11 Å². The van der Waals surface area contributed by atoms with Crippen LogP contribution in [0.4, 0.5) is 0 Å². The lowest BCUT2D eigenvalue weighted by Gasteiger charge is -2.08. The second-order valence-corrected chi connectivity index (χ2v) is 4.48. The van der Waals surface area contributed by atoms with Crippen molar-refractivity contribution in [2.45, 2.75) is 13.0 Å². The molecule has 5 heteroatoms. The molecule has 20 heavy (non-hydrogen) atoms. The monoisotopic (exact) mass is 290 g/mol. The molecule has 0 bridgehead atoms. The van der Waals surface area contributed by atoms with Crippen molar-refractivity contribution >= 4 is 17.9 Å². The van der Waals surface area contributed by atoms with Crippen LogP contribution < -0.4 is 9.47 Å². The average Bonchev–Trinajstić information content (AvgIpc) is 2.46. The number of rotatable bonds is 6. The summed E-state index contributed by atoms with van der Waals surface area (Å²) in [5, 5.41) is 0.361. The van der Waals surface area contributed by atoms with Crippen molar-refractivity contribution < 1.29 is 14.3 Å². The number of hydrogen-bond acceptors (Lipinski definition) is 4. The standard InChI is InChI=1S/C15H13ClNO3/c1-19-15-9-12(8-14(16)17-15)10-20-13-4-2-11(3-5-13)6-7-18/h2-5,8-9H,6,10H2,1H3. The zero-order valence-corrected chi connectivity index (χ0v) is 11.7. The molecule has 0 saturated carbocycles. The van der Waals surface area contributed by atoms with Crippen molar-refractivity contribution in [3.8, 4) is 11.6 Å². The molecular weight excluding hydrogens is 278 g/mol. The Balaban J connectivity index is 2.01. The first-order valence-corrected chi connectivity index (χ1v) is 6.36. The molecule has 103 valence electrons. The summed E-state index contributed by atoms with van der Waals surface area (Å²) < 4.78 is 10.7. The van der Waals surface area contributed by atoms with Crippen LogP contribution in [0.2, 0.25) is 5.15 Å². The molecule has 0 aliphatic carbocycles. The van der Waals surface area contributed by atoms with Crippen molar-refractivity contribution in [1.29, 1.82) is 0 Å². The van der Waals surface area contributed by atoms with Crippen LogP contribution in [0.5, 0.6) is 11.6 Å². The van der Waals surface area contributed by atoms with Gasteiger partial charge in [-0.3, -0.25) is 4.79 Å². The fraction of sp³-hybridized carbons (Fsp3) is 0.200. The second-order valence-electron chi connectivity index (χ2n) is 4.09. The molecule has 0 amide bonds. The lowest BCUT2D eigenvalue weighted by atomic mass is 10.2. The van der Waals surface area contributed by atoms with E-state index in [0.29, 0.717) is 23.4 Å². The molecule has 0 aliphatic heterocycles. The van der Waals surface area contributed by atoms with Crippen LogP contribution in [0.1, 0.15) is 11.1 Å². The van der Waals surface area contributed by atoms with Crippen LogP contribution in [-0.4, -0.2) is 18.4 Å². The Morgan fingerprint density at radius 3 is 2.60 bits per heavy atom. The Bertz CT molecular complexity index is 584. The van der Waals surface area contributed by atoms with Gasteiger partial charge in [-0.05, 0) is 29.3 Å². The van der Waals surface area contributed by atoms with E-state index in [4.69, 9.17) is 21.1 Å². The van der Waals surface area contributed by atoms with E-state index in [0.717, 1.165) is 11.1 Å². The molecule has 1 heterocycles. The van der Waals surface area contributed by atoms with E-state index in [1.54, 1.807) is 12.1 Å². The third kappa shape index (κ3) is 3.96. The SMILES string of the molecule is COc1cc(COc2ccc(C[C]=O)cc2)cc(Cl)n1. The fourth-order valence-electron chi connectivity index (χ4n) is 1.66. The number of aromatic nitrogens is 1. The normalized spacial score (nSPS) is 10.1. The highest BCUT2D eigenvalue weighted by Gasteiger charge is 2.03. The summed E-state index contributed by atoms with van der Waals surface area (Å²) in [4.78, 5) is 14.3. The minimum atomic E-state index is 0.289. The smallest absolute Gasteiger partial charge is 0.214 e. The maximum Gasteiger partial charge on any atom is 0.214 e. The number of nitrogens with zero attached hydrogens (tertiary/aromatic N) is 1. The summed E-state index contributed by atoms with van der Waals surface area (Å²) in [5.41, 5.74) is 1.77. The molecule has 0 aliphatic rings. The first-order chi connectivity index (χ1) is 9.71. The summed E-state index contributed by atoms with van der Waals surface area (Å²) in [7, 11) is 1.53. The van der Waals surface area contributed by atoms with Crippen molar-refractivity contribution in [2.24, 2.45) is 0 Å². The molecule has 2 rings (SSSR count). The number of methoxy groups -OCH3 is 1. The van der Waals surface area contributed by atoms with Crippen molar-refractivity contribution in [1.82, 2.24) is 4.98 Å². The van der Waals surface area contributed by atoms with Crippen LogP contribution in [0, 0.1) is 0 Å². The Morgan fingerprint density at radius 1 is 1.20 bits per heavy atom. The third-order valence-electron chi connectivity index (χ3n) is 2.64. The maximum absolute atomic E-state index is 10.3. The number of benzene rings is 1. The van der Waals surface area contributed by atoms with E-state index in [1.807, 2.05) is 30.6 Å². The van der Waals surface area contributed by atoms with Gasteiger partial charge in [0.05, 0.1) is 7.11 Å². The summed E-state index contributed by atoms with van der Waals surface area (Å²) in [6.45, 7) is 0.359. The van der Waals surface area contributed by atoms with Gasteiger partial charge >= 0.3 is 0 Å². The van der Waals surface area contributed by atoms with E-state index in [9.17, 15) is 4.79 Å². The van der Waals surface area contributed by atoms with Crippen LogP contribution >= 0.6 is 11.6 Å². The zero-order valence-electron chi connectivity index (χ0n) is 10.9. The molecule has 0 saturated heterocycles. The van der Waals surface area contributed by atoms with Gasteiger partial charge in [0.15, 0.2) is 0 Å². The number of ether oxygens (including phenoxy) is 2. The van der Waals surface area contributed by atoms with Crippen molar-refractivity contribution in [3.63, 3.8) is 0 Å². The third-order valence-corrected chi connectivity index (χ3v) is 2.84. The van der Waals surface area contributed by atoms with Crippen molar-refractivity contribution in [2.75, 3.05) is 7.11 Å². The topological polar surface area (TPSA) is 48.4 Å². The van der Waals surface area contributed by atoms with Gasteiger partial charge < -0.3 is 9.47 Å². The molecule has 0 fully saturated rings. The van der Waals surface area contributed by atoms with Gasteiger partial charge in [-0.25, -0.2) is 4.98 Å². The average molecular weight is 291 g/mol. The Kier molecular flexibility index (Phi) is 4.96. The lowest BCUT2D eigenvalue weighted by Crippen LogP contribution is -1.98. The Labute approximate surface area is 122 Å². The summed E-state index contributed by atoms with van der Waals surface area (Å²) >= 11 is 5.88. The number of halogens is 1. The number of pyridine rings is 1. The van der Waals surface area contributed by atoms with E-state index >= 15 is 0 Å². The first kappa shape index (κ1) is 14.3. The van der Waals surface area contributed by atoms with E-state index in [2.05, 4.69) is 4.98 Å². The van der Waals surface area contributed by atoms with Gasteiger partial charge in [0, 0.05) is 12.5 Å². The minimum absolute atomic E-state index is 0.289. The van der Waals surface area contributed by atoms with Crippen molar-refractivity contribution in [3.05, 3.63) is 52.7 Å². The quantitative estimate of drug-likeness (QED) is 0.768. The molecule has 2 aromatic rings. The van der Waals surface area contributed by atoms with Crippen LogP contribution in [0.25, 0.3) is 0 Å². The zero-order chi connectivity index (χ0) is 14.4. The second kappa shape index (κ2) is 6.91. The van der Waals surface area contributed by atoms with Gasteiger partial charge in [0.2, 0.25) is 12.2 Å². The molecule has 4 nitrogen and oxygen atoms in total. The van der Waals surface area contributed by atoms with Crippen LogP contribution in [-0.2, 0) is 17.8 Å². The summed E-state index contributed by atoms with van der Waals surface area (Å²) in [6, 6.07) is 10.8. The molecule has 1 radical (unpaired) electrons. The molecule has 0 unspecified atom stereocenters. The highest BCUT2D eigenvalue weighted by molar-refractivity contribution is 6.29. The predicted octanol–water partition coefficient (Wildman–Crippen LogP) is 2.97. The van der Waals surface area contributed by atoms with Gasteiger partial charge in [-0.15, -0.1) is 0 Å². The predicted molar refractivity (Wildman–Crippen MR) is 76.0 cm³/mol. The molecule has 1 aromatic carbocycles. The molecule has 0 N–H and O–H groups in total. The lowest BCUT2D eigenvalue weighted by molar-refractivity contribution is 0.304. The highest BCUT2D eigenvalue weighted by atomic mass is 35.5. The van der Waals surface area contributed by atoms with Gasteiger partial charge in [-0.1, -0.05) is 23.7 Å². The Hall–Kier alpha value is -2.07. The Morgan fingerprint density at radius 2 is 1.95 bits per heavy atom. The van der Waals surface area contributed by atoms with E-state index in [-0.39, 0.29) is 6.42 Å². The molecule has 1 aromatic heterocycles. The largest absolute Gasteiger partial charge is 0.489 e. The van der Waals surface area contributed by atoms with Crippen LogP contribution in [0.3, 0.4) is 0 Å². The van der Waals surface area contributed by atoms with Gasteiger partial charge in [-0.2, -0.15) is 0 Å². The van der Waals surface area contributed by atoms with Crippen LogP contribution in [0.15, 0.2) is 36.4 Å². The van der Waals surface area contributed by atoms with Gasteiger partial charge in [0.1, 0.15) is 17.5 Å². The summed E-state index contributed by atoms with van der Waals surface area (Å²) in [6.07, 6.45) is 2.14. The molecular formula is C15H13ClNO3. The highest BCUT2D eigenvalue weighted by Crippen LogP contribution is 2.19. The fourth-order valence-corrected chi connectivity index (χ4v) is 1.89. The number of hydrogen-bond donors (Lipinski definition) is 0. The van der Waals surface area contributed by atoms with Gasteiger partial charge in [0.25, 0.3) is 0 Å². The minimum Gasteiger partial charge on any atom is -0.489 e. The molecule has 0 spiro atoms.